The molecule has 0 N–H and O–H groups in total. The molecule has 144 valence electrons. The Kier molecular flexibility index (Phi) is 3.49. The topological polar surface area (TPSA) is 81.8 Å². The van der Waals surface area contributed by atoms with Gasteiger partial charge in [-0.2, -0.15) is 0 Å². The SMILES string of the molecule is O=C1C=Cc2ccccc2C1=NOC1C=Cc2noc3c2C1C(=O)c1ccccc1-3. The molecule has 6 rings (SSSR count). The van der Waals surface area contributed by atoms with E-state index in [1.165, 1.54) is 6.08 Å². The largest absolute Gasteiger partial charge is 0.386 e. The smallest absolute Gasteiger partial charge is 0.208 e. The number of nitrogens with zero attached hydrogens (tertiary/aromatic N) is 2. The fourth-order valence-electron chi connectivity index (χ4n) is 4.27. The Balaban J connectivity index is 1.41. The van der Waals surface area contributed by atoms with Crippen molar-refractivity contribution in [3.8, 4) is 11.3 Å². The number of fused-ring (bicyclic) bond motifs is 3. The molecule has 1 aromatic heterocycles. The second kappa shape index (κ2) is 6.22. The third-order valence-electron chi connectivity index (χ3n) is 5.69. The fraction of sp³-hybridized carbons (Fsp3) is 0.0833. The van der Waals surface area contributed by atoms with Gasteiger partial charge in [0, 0.05) is 22.3 Å². The summed E-state index contributed by atoms with van der Waals surface area (Å²) in [5.74, 6) is -0.361. The Morgan fingerprint density at radius 3 is 2.53 bits per heavy atom. The quantitative estimate of drug-likeness (QED) is 0.613. The molecular formula is C24H14N2O4. The molecule has 6 nitrogen and oxygen atoms in total. The lowest BCUT2D eigenvalue weighted by atomic mass is 9.75. The summed E-state index contributed by atoms with van der Waals surface area (Å²) >= 11 is 0. The zero-order valence-corrected chi connectivity index (χ0v) is 15.6. The molecule has 0 spiro atoms. The molecule has 0 amide bonds. The van der Waals surface area contributed by atoms with Crippen LogP contribution in [0.15, 0.2) is 70.4 Å². The fourth-order valence-corrected chi connectivity index (χ4v) is 4.27. The minimum absolute atomic E-state index is 0.0765. The van der Waals surface area contributed by atoms with Gasteiger partial charge in [0.15, 0.2) is 23.4 Å². The Morgan fingerprint density at radius 2 is 1.67 bits per heavy atom. The lowest BCUT2D eigenvalue weighted by Gasteiger charge is -2.28. The molecule has 2 aromatic carbocycles. The molecule has 0 fully saturated rings. The lowest BCUT2D eigenvalue weighted by molar-refractivity contribution is -0.109. The number of allylic oxidation sites excluding steroid dienone is 1. The molecule has 0 bridgehead atoms. The minimum atomic E-state index is -0.671. The summed E-state index contributed by atoms with van der Waals surface area (Å²) in [4.78, 5) is 31.5. The number of rotatable bonds is 2. The first-order chi connectivity index (χ1) is 14.7. The van der Waals surface area contributed by atoms with Gasteiger partial charge in [-0.1, -0.05) is 64.9 Å². The molecule has 30 heavy (non-hydrogen) atoms. The number of Topliss-reactive ketones (excluding diaryl/α,β-unsaturated/α-hetero) is 1. The summed E-state index contributed by atoms with van der Waals surface area (Å²) in [6, 6.07) is 14.8. The molecule has 0 radical (unpaired) electrons. The average Bonchev–Trinajstić information content (AvgIpc) is 3.22. The predicted octanol–water partition coefficient (Wildman–Crippen LogP) is 4.03. The number of hydrogen-bond donors (Lipinski definition) is 0. The number of oxime groups is 1. The van der Waals surface area contributed by atoms with Crippen LogP contribution in [0.2, 0.25) is 0 Å². The molecule has 2 atom stereocenters. The second-order valence-electron chi connectivity index (χ2n) is 7.35. The normalized spacial score (nSPS) is 21.9. The van der Waals surface area contributed by atoms with Gasteiger partial charge in [-0.05, 0) is 23.8 Å². The van der Waals surface area contributed by atoms with Crippen LogP contribution in [-0.2, 0) is 9.63 Å². The second-order valence-corrected chi connectivity index (χ2v) is 7.35. The van der Waals surface area contributed by atoms with E-state index in [1.54, 1.807) is 24.3 Å². The molecular weight excluding hydrogens is 380 g/mol. The van der Waals surface area contributed by atoms with E-state index in [0.29, 0.717) is 28.1 Å². The van der Waals surface area contributed by atoms with Crippen molar-refractivity contribution < 1.29 is 18.9 Å². The molecule has 3 aliphatic carbocycles. The number of ketones is 2. The maximum Gasteiger partial charge on any atom is 0.208 e. The molecule has 1 heterocycles. The summed E-state index contributed by atoms with van der Waals surface area (Å²) in [5.41, 5.74) is 4.45. The molecule has 0 saturated carbocycles. The van der Waals surface area contributed by atoms with Crippen molar-refractivity contribution in [1.82, 2.24) is 5.16 Å². The molecule has 3 aromatic rings. The highest BCUT2D eigenvalue weighted by Crippen LogP contribution is 2.46. The number of benzene rings is 2. The van der Waals surface area contributed by atoms with Gasteiger partial charge in [-0.25, -0.2) is 0 Å². The number of hydrogen-bond acceptors (Lipinski definition) is 6. The van der Waals surface area contributed by atoms with Crippen LogP contribution in [0.1, 0.15) is 38.7 Å². The third kappa shape index (κ3) is 2.30. The zero-order chi connectivity index (χ0) is 20.2. The first-order valence-electron chi connectivity index (χ1n) is 9.59. The minimum Gasteiger partial charge on any atom is -0.386 e. The van der Waals surface area contributed by atoms with E-state index in [9.17, 15) is 9.59 Å². The van der Waals surface area contributed by atoms with Crippen molar-refractivity contribution in [3.63, 3.8) is 0 Å². The Hall–Kier alpha value is -4.06. The summed E-state index contributed by atoms with van der Waals surface area (Å²) in [5, 5.41) is 8.30. The van der Waals surface area contributed by atoms with Gasteiger partial charge in [0.2, 0.25) is 5.78 Å². The first kappa shape index (κ1) is 16.9. The first-order valence-corrected chi connectivity index (χ1v) is 9.59. The van der Waals surface area contributed by atoms with Crippen LogP contribution in [0.25, 0.3) is 23.5 Å². The van der Waals surface area contributed by atoms with Crippen molar-refractivity contribution in [1.29, 1.82) is 0 Å². The highest BCUT2D eigenvalue weighted by atomic mass is 16.6. The number of carbonyl (C=O) groups is 2. The molecule has 2 unspecified atom stereocenters. The zero-order valence-electron chi connectivity index (χ0n) is 15.6. The maximum absolute atomic E-state index is 13.3. The van der Waals surface area contributed by atoms with Crippen molar-refractivity contribution in [3.05, 3.63) is 88.6 Å². The highest BCUT2D eigenvalue weighted by Gasteiger charge is 2.44. The van der Waals surface area contributed by atoms with E-state index in [2.05, 4.69) is 10.3 Å². The standard InChI is InChI=1S/C24H14N2O4/c27-18-11-9-13-5-1-2-6-14(13)22(18)26-29-19-12-10-17-20-21(19)23(28)15-7-3-4-8-16(15)24(20)30-25-17/h1-12,19,21H. The average molecular weight is 394 g/mol. The van der Waals surface area contributed by atoms with Crippen LogP contribution < -0.4 is 0 Å². The van der Waals surface area contributed by atoms with Crippen LogP contribution in [0.4, 0.5) is 0 Å². The van der Waals surface area contributed by atoms with E-state index >= 15 is 0 Å². The van der Waals surface area contributed by atoms with E-state index in [4.69, 9.17) is 9.36 Å². The van der Waals surface area contributed by atoms with Gasteiger partial charge in [0.1, 0.15) is 5.69 Å². The maximum atomic E-state index is 13.3. The number of carbonyl (C=O) groups excluding carboxylic acids is 2. The Labute approximate surface area is 171 Å². The van der Waals surface area contributed by atoms with Crippen LogP contribution >= 0.6 is 0 Å². The highest BCUT2D eigenvalue weighted by molar-refractivity contribution is 6.52. The van der Waals surface area contributed by atoms with E-state index in [1.807, 2.05) is 42.5 Å². The van der Waals surface area contributed by atoms with Crippen LogP contribution in [-0.4, -0.2) is 28.5 Å². The van der Waals surface area contributed by atoms with Crippen LogP contribution in [0.3, 0.4) is 0 Å². The summed E-state index contributed by atoms with van der Waals surface area (Å²) in [6.07, 6.45) is 6.06. The van der Waals surface area contributed by atoms with Crippen molar-refractivity contribution in [2.45, 2.75) is 12.0 Å². The van der Waals surface area contributed by atoms with E-state index in [0.717, 1.165) is 11.1 Å². The molecule has 3 aliphatic rings. The summed E-state index contributed by atoms with van der Waals surface area (Å²) < 4.78 is 5.56. The van der Waals surface area contributed by atoms with Gasteiger partial charge >= 0.3 is 0 Å². The van der Waals surface area contributed by atoms with Gasteiger partial charge in [0.05, 0.1) is 5.92 Å². The van der Waals surface area contributed by atoms with Gasteiger partial charge < -0.3 is 9.36 Å². The Bertz CT molecular complexity index is 1330. The van der Waals surface area contributed by atoms with Crippen molar-refractivity contribution >= 4 is 29.4 Å². The molecule has 0 aliphatic heterocycles. The summed E-state index contributed by atoms with van der Waals surface area (Å²) in [6.45, 7) is 0. The van der Waals surface area contributed by atoms with Crippen LogP contribution in [0, 0.1) is 0 Å². The van der Waals surface area contributed by atoms with E-state index in [-0.39, 0.29) is 17.3 Å². The third-order valence-corrected chi connectivity index (χ3v) is 5.69. The van der Waals surface area contributed by atoms with Gasteiger partial charge in [-0.3, -0.25) is 9.59 Å². The van der Waals surface area contributed by atoms with Crippen molar-refractivity contribution in [2.24, 2.45) is 5.16 Å². The monoisotopic (exact) mass is 394 g/mol. The van der Waals surface area contributed by atoms with Crippen LogP contribution in [0.5, 0.6) is 0 Å². The molecule has 6 heteroatoms. The Morgan fingerprint density at radius 1 is 0.900 bits per heavy atom. The van der Waals surface area contributed by atoms with Crippen molar-refractivity contribution in [2.75, 3.05) is 0 Å². The van der Waals surface area contributed by atoms with Gasteiger partial charge in [0.25, 0.3) is 0 Å². The van der Waals surface area contributed by atoms with Gasteiger partial charge in [-0.15, -0.1) is 0 Å². The lowest BCUT2D eigenvalue weighted by Crippen LogP contribution is -2.32. The number of aromatic nitrogens is 1. The van der Waals surface area contributed by atoms with E-state index < -0.39 is 12.0 Å². The summed E-state index contributed by atoms with van der Waals surface area (Å²) in [7, 11) is 0. The predicted molar refractivity (Wildman–Crippen MR) is 110 cm³/mol. The molecule has 0 saturated heterocycles.